The quantitative estimate of drug-likeness (QED) is 0.740. The Kier molecular flexibility index (Phi) is 3.16. The highest BCUT2D eigenvalue weighted by molar-refractivity contribution is 6.33. The summed E-state index contributed by atoms with van der Waals surface area (Å²) in [4.78, 5) is 0. The maximum absolute atomic E-state index is 12.5. The Morgan fingerprint density at radius 2 is 1.93 bits per heavy atom. The van der Waals surface area contributed by atoms with Crippen LogP contribution in [0.1, 0.15) is 24.2 Å². The van der Waals surface area contributed by atoms with E-state index in [-0.39, 0.29) is 16.3 Å². The fourth-order valence-electron chi connectivity index (χ4n) is 1.31. The highest BCUT2D eigenvalue weighted by Crippen LogP contribution is 2.39. The van der Waals surface area contributed by atoms with Gasteiger partial charge < -0.3 is 10.8 Å². The van der Waals surface area contributed by atoms with Crippen LogP contribution < -0.4 is 5.73 Å². The molecule has 0 bridgehead atoms. The molecule has 1 aromatic carbocycles. The highest BCUT2D eigenvalue weighted by atomic mass is 35.5. The molecule has 0 heterocycles. The lowest BCUT2D eigenvalue weighted by Crippen LogP contribution is -2.13. The molecule has 1 rings (SSSR count). The van der Waals surface area contributed by atoms with E-state index in [1.165, 1.54) is 6.92 Å². The van der Waals surface area contributed by atoms with Gasteiger partial charge in [-0.1, -0.05) is 11.6 Å². The number of benzene rings is 1. The summed E-state index contributed by atoms with van der Waals surface area (Å²) in [6.07, 6.45) is -5.87. The number of rotatable bonds is 1. The average Bonchev–Trinajstić information content (AvgIpc) is 2.06. The number of alkyl halides is 3. The van der Waals surface area contributed by atoms with E-state index in [4.69, 9.17) is 17.3 Å². The standard InChI is InChI=1S/C9H9ClF3NO/c1-4(15)7-5(9(11,12)13)2-3-6(10)8(7)14/h2-4,15H,14H2,1H3. The maximum Gasteiger partial charge on any atom is 0.416 e. The highest BCUT2D eigenvalue weighted by Gasteiger charge is 2.35. The molecule has 0 aliphatic rings. The number of nitrogen functional groups attached to an aromatic ring is 1. The van der Waals surface area contributed by atoms with Gasteiger partial charge in [0.2, 0.25) is 0 Å². The molecule has 0 aliphatic carbocycles. The van der Waals surface area contributed by atoms with Gasteiger partial charge in [-0.05, 0) is 19.1 Å². The second-order valence-electron chi connectivity index (χ2n) is 3.10. The van der Waals surface area contributed by atoms with Crippen LogP contribution in [0, 0.1) is 0 Å². The summed E-state index contributed by atoms with van der Waals surface area (Å²) in [7, 11) is 0. The monoisotopic (exact) mass is 239 g/mol. The van der Waals surface area contributed by atoms with Gasteiger partial charge in [-0.15, -0.1) is 0 Å². The Morgan fingerprint density at radius 3 is 2.33 bits per heavy atom. The lowest BCUT2D eigenvalue weighted by molar-refractivity contribution is -0.139. The van der Waals surface area contributed by atoms with Crippen molar-refractivity contribution >= 4 is 17.3 Å². The zero-order valence-electron chi connectivity index (χ0n) is 7.77. The zero-order chi connectivity index (χ0) is 11.8. The summed E-state index contributed by atoms with van der Waals surface area (Å²) >= 11 is 5.58. The Labute approximate surface area is 89.5 Å². The fraction of sp³-hybridized carbons (Fsp3) is 0.333. The van der Waals surface area contributed by atoms with Crippen molar-refractivity contribution in [2.24, 2.45) is 0 Å². The first-order valence-electron chi connectivity index (χ1n) is 4.08. The second kappa shape index (κ2) is 3.90. The van der Waals surface area contributed by atoms with Crippen LogP contribution in [0.5, 0.6) is 0 Å². The number of halogens is 4. The molecule has 0 spiro atoms. The molecule has 0 aromatic heterocycles. The van der Waals surface area contributed by atoms with E-state index in [0.29, 0.717) is 0 Å². The van der Waals surface area contributed by atoms with E-state index in [9.17, 15) is 18.3 Å². The molecule has 3 N–H and O–H groups in total. The van der Waals surface area contributed by atoms with E-state index in [1.807, 2.05) is 0 Å². The van der Waals surface area contributed by atoms with Crippen molar-refractivity contribution in [1.29, 1.82) is 0 Å². The van der Waals surface area contributed by atoms with Crippen molar-refractivity contribution < 1.29 is 18.3 Å². The third kappa shape index (κ3) is 2.35. The largest absolute Gasteiger partial charge is 0.416 e. The molecule has 1 atom stereocenters. The average molecular weight is 240 g/mol. The van der Waals surface area contributed by atoms with Crippen LogP contribution in [0.3, 0.4) is 0 Å². The molecule has 0 aliphatic heterocycles. The van der Waals surface area contributed by atoms with Gasteiger partial charge in [0.05, 0.1) is 22.4 Å². The van der Waals surface area contributed by atoms with E-state index in [0.717, 1.165) is 12.1 Å². The molecule has 1 unspecified atom stereocenters. The third-order valence-electron chi connectivity index (χ3n) is 1.96. The number of nitrogens with two attached hydrogens (primary N) is 1. The minimum Gasteiger partial charge on any atom is -0.397 e. The first-order chi connectivity index (χ1) is 6.75. The minimum atomic E-state index is -4.55. The fourth-order valence-corrected chi connectivity index (χ4v) is 1.47. The molecule has 0 saturated carbocycles. The molecular formula is C9H9ClF3NO. The summed E-state index contributed by atoms with van der Waals surface area (Å²) in [5, 5.41) is 9.23. The van der Waals surface area contributed by atoms with Gasteiger partial charge in [0, 0.05) is 5.56 Å². The summed E-state index contributed by atoms with van der Waals surface area (Å²) in [6.45, 7) is 1.21. The predicted octanol–water partition coefficient (Wildman–Crippen LogP) is 2.99. The first kappa shape index (κ1) is 12.1. The van der Waals surface area contributed by atoms with Crippen molar-refractivity contribution in [2.75, 3.05) is 5.73 Å². The van der Waals surface area contributed by atoms with E-state index >= 15 is 0 Å². The van der Waals surface area contributed by atoms with E-state index in [1.54, 1.807) is 0 Å². The molecular weight excluding hydrogens is 231 g/mol. The summed E-state index contributed by atoms with van der Waals surface area (Å²) in [6, 6.07) is 1.87. The van der Waals surface area contributed by atoms with Crippen LogP contribution in [0.25, 0.3) is 0 Å². The molecule has 2 nitrogen and oxygen atoms in total. The second-order valence-corrected chi connectivity index (χ2v) is 3.50. The molecule has 84 valence electrons. The van der Waals surface area contributed by atoms with Crippen molar-refractivity contribution in [3.05, 3.63) is 28.3 Å². The number of hydrogen-bond donors (Lipinski definition) is 2. The third-order valence-corrected chi connectivity index (χ3v) is 2.29. The topological polar surface area (TPSA) is 46.2 Å². The van der Waals surface area contributed by atoms with Gasteiger partial charge in [0.1, 0.15) is 0 Å². The van der Waals surface area contributed by atoms with Crippen molar-refractivity contribution in [3.63, 3.8) is 0 Å². The lowest BCUT2D eigenvalue weighted by Gasteiger charge is -2.17. The number of aliphatic hydroxyl groups excluding tert-OH is 1. The summed E-state index contributed by atoms with van der Waals surface area (Å²) in [5.74, 6) is 0. The smallest absolute Gasteiger partial charge is 0.397 e. The number of anilines is 1. The molecule has 0 radical (unpaired) electrons. The Bertz CT molecular complexity index is 376. The van der Waals surface area contributed by atoms with Crippen LogP contribution in [-0.2, 0) is 6.18 Å². The van der Waals surface area contributed by atoms with Gasteiger partial charge in [-0.2, -0.15) is 13.2 Å². The maximum atomic E-state index is 12.5. The molecule has 0 fully saturated rings. The van der Waals surface area contributed by atoms with Crippen molar-refractivity contribution in [1.82, 2.24) is 0 Å². The van der Waals surface area contributed by atoms with Crippen LogP contribution in [0.4, 0.5) is 18.9 Å². The molecule has 0 amide bonds. The zero-order valence-corrected chi connectivity index (χ0v) is 8.52. The van der Waals surface area contributed by atoms with Gasteiger partial charge in [0.25, 0.3) is 0 Å². The van der Waals surface area contributed by atoms with E-state index in [2.05, 4.69) is 0 Å². The SMILES string of the molecule is CC(O)c1c(C(F)(F)F)ccc(Cl)c1N. The summed E-state index contributed by atoms with van der Waals surface area (Å²) in [5.41, 5.74) is 3.82. The Morgan fingerprint density at radius 1 is 1.40 bits per heavy atom. The van der Waals surface area contributed by atoms with Gasteiger partial charge >= 0.3 is 6.18 Å². The first-order valence-corrected chi connectivity index (χ1v) is 4.46. The molecule has 6 heteroatoms. The number of hydrogen-bond acceptors (Lipinski definition) is 2. The Hall–Kier alpha value is -0.940. The minimum absolute atomic E-state index is 0.00102. The lowest BCUT2D eigenvalue weighted by atomic mass is 10.0. The van der Waals surface area contributed by atoms with E-state index < -0.39 is 17.8 Å². The van der Waals surface area contributed by atoms with Gasteiger partial charge in [-0.25, -0.2) is 0 Å². The number of aliphatic hydroxyl groups is 1. The van der Waals surface area contributed by atoms with Crippen LogP contribution in [-0.4, -0.2) is 5.11 Å². The van der Waals surface area contributed by atoms with Crippen LogP contribution in [0.15, 0.2) is 12.1 Å². The van der Waals surface area contributed by atoms with Crippen LogP contribution >= 0.6 is 11.6 Å². The summed E-state index contributed by atoms with van der Waals surface area (Å²) < 4.78 is 37.5. The van der Waals surface area contributed by atoms with Crippen molar-refractivity contribution in [2.45, 2.75) is 19.2 Å². The van der Waals surface area contributed by atoms with Gasteiger partial charge in [0.15, 0.2) is 0 Å². The normalized spacial score (nSPS) is 14.0. The Balaban J connectivity index is 3.47. The van der Waals surface area contributed by atoms with Crippen molar-refractivity contribution in [3.8, 4) is 0 Å². The molecule has 1 aromatic rings. The predicted molar refractivity (Wildman–Crippen MR) is 51.5 cm³/mol. The van der Waals surface area contributed by atoms with Crippen LogP contribution in [0.2, 0.25) is 5.02 Å². The molecule has 0 saturated heterocycles. The molecule has 15 heavy (non-hydrogen) atoms. The van der Waals surface area contributed by atoms with Gasteiger partial charge in [-0.3, -0.25) is 0 Å².